The molecule has 164 valence electrons. The van der Waals surface area contributed by atoms with Crippen molar-refractivity contribution in [3.63, 3.8) is 0 Å². The third kappa shape index (κ3) is 9.30. The summed E-state index contributed by atoms with van der Waals surface area (Å²) in [6.45, 7) is 2.65. The molecule has 8 nitrogen and oxygen atoms in total. The molecule has 2 rings (SSSR count). The molecule has 0 unspecified atom stereocenters. The monoisotopic (exact) mass is 537 g/mol. The number of hydrogen-bond donors (Lipinski definition) is 2. The average molecular weight is 537 g/mol. The highest BCUT2D eigenvalue weighted by molar-refractivity contribution is 14.0. The Bertz CT molecular complexity index is 646. The van der Waals surface area contributed by atoms with Gasteiger partial charge in [0.25, 0.3) is 0 Å². The molecule has 2 amide bonds. The zero-order chi connectivity index (χ0) is 20.4. The first kappa shape index (κ1) is 25.6. The molecular weight excluding hydrogens is 505 g/mol. The summed E-state index contributed by atoms with van der Waals surface area (Å²) in [5.41, 5.74) is 0. The van der Waals surface area contributed by atoms with E-state index < -0.39 is 0 Å². The van der Waals surface area contributed by atoms with Crippen LogP contribution in [0.2, 0.25) is 0 Å². The van der Waals surface area contributed by atoms with Crippen molar-refractivity contribution in [2.24, 2.45) is 4.99 Å². The molecule has 0 spiro atoms. The molecule has 1 aliphatic heterocycles. The van der Waals surface area contributed by atoms with Crippen LogP contribution >= 0.6 is 35.3 Å². The van der Waals surface area contributed by atoms with Gasteiger partial charge < -0.3 is 25.2 Å². The van der Waals surface area contributed by atoms with Crippen molar-refractivity contribution in [2.45, 2.75) is 31.8 Å². The quantitative estimate of drug-likeness (QED) is 0.299. The van der Waals surface area contributed by atoms with Crippen molar-refractivity contribution in [2.75, 3.05) is 47.4 Å². The summed E-state index contributed by atoms with van der Waals surface area (Å²) in [5, 5.41) is 8.77. The number of halogens is 1. The van der Waals surface area contributed by atoms with Crippen molar-refractivity contribution < 1.29 is 14.3 Å². The number of piperidine rings is 1. The summed E-state index contributed by atoms with van der Waals surface area (Å²) in [5.74, 6) is 0.727. The number of ether oxygens (including phenoxy) is 1. The molecule has 0 atom stereocenters. The number of hydrogen-bond acceptors (Lipinski definition) is 5. The third-order valence-corrected chi connectivity index (χ3v) is 5.47. The van der Waals surface area contributed by atoms with Gasteiger partial charge >= 0.3 is 0 Å². The molecule has 1 aromatic rings. The highest BCUT2D eigenvalue weighted by Gasteiger charge is 2.23. The minimum Gasteiger partial charge on any atom is -0.384 e. The summed E-state index contributed by atoms with van der Waals surface area (Å²) < 4.78 is 4.98. The largest absolute Gasteiger partial charge is 0.384 e. The third-order valence-electron chi connectivity index (χ3n) is 4.59. The number of amides is 2. The number of aliphatic imine (C=N–C) groups is 1. The Hall–Kier alpha value is -1.40. The summed E-state index contributed by atoms with van der Waals surface area (Å²) in [7, 11) is 5.05. The maximum atomic E-state index is 12.1. The molecule has 0 saturated carbocycles. The Morgan fingerprint density at radius 1 is 1.34 bits per heavy atom. The number of carbonyl (C=O) groups excluding carboxylic acids is 2. The van der Waals surface area contributed by atoms with Gasteiger partial charge in [0.15, 0.2) is 5.96 Å². The molecule has 10 heteroatoms. The van der Waals surface area contributed by atoms with Gasteiger partial charge in [-0.3, -0.25) is 9.59 Å². The molecule has 1 aliphatic rings. The van der Waals surface area contributed by atoms with Crippen molar-refractivity contribution in [1.29, 1.82) is 0 Å². The van der Waals surface area contributed by atoms with Gasteiger partial charge in [0.1, 0.15) is 6.54 Å². The molecule has 1 aromatic heterocycles. The lowest BCUT2D eigenvalue weighted by atomic mass is 10.0. The minimum atomic E-state index is -0.0456. The number of thiophene rings is 1. The lowest BCUT2D eigenvalue weighted by Crippen LogP contribution is -2.50. The lowest BCUT2D eigenvalue weighted by Gasteiger charge is -2.33. The molecule has 1 saturated heterocycles. The topological polar surface area (TPSA) is 86.3 Å². The Balaban J connectivity index is 0.00000420. The number of nitrogens with one attached hydrogen (secondary N) is 2. The second-order valence-corrected chi connectivity index (χ2v) is 7.96. The number of nitrogens with zero attached hydrogens (tertiary/aromatic N) is 3. The van der Waals surface area contributed by atoms with Gasteiger partial charge in [0.2, 0.25) is 11.8 Å². The van der Waals surface area contributed by atoms with E-state index >= 15 is 0 Å². The van der Waals surface area contributed by atoms with Crippen LogP contribution in [0.25, 0.3) is 0 Å². The fourth-order valence-corrected chi connectivity index (χ4v) is 3.48. The molecule has 0 aliphatic carbocycles. The molecule has 0 bridgehead atoms. The number of methoxy groups -OCH3 is 1. The summed E-state index contributed by atoms with van der Waals surface area (Å²) >= 11 is 1.68. The predicted octanol–water partition coefficient (Wildman–Crippen LogP) is 1.52. The molecule has 29 heavy (non-hydrogen) atoms. The van der Waals surface area contributed by atoms with Gasteiger partial charge in [0, 0.05) is 45.2 Å². The molecule has 0 aromatic carbocycles. The first-order chi connectivity index (χ1) is 13.5. The Morgan fingerprint density at radius 2 is 2.07 bits per heavy atom. The Labute approximate surface area is 194 Å². The first-order valence-electron chi connectivity index (χ1n) is 9.53. The number of likely N-dealkylation sites (tertiary alicyclic amines) is 1. The smallest absolute Gasteiger partial charge is 0.243 e. The number of carbonyl (C=O) groups is 2. The normalized spacial score (nSPS) is 14.9. The van der Waals surface area contributed by atoms with Crippen LogP contribution in [0.4, 0.5) is 0 Å². The van der Waals surface area contributed by atoms with E-state index in [1.54, 1.807) is 32.5 Å². The highest BCUT2D eigenvalue weighted by Crippen LogP contribution is 2.12. The lowest BCUT2D eigenvalue weighted by molar-refractivity contribution is -0.133. The van der Waals surface area contributed by atoms with E-state index in [1.165, 1.54) is 9.78 Å². The van der Waals surface area contributed by atoms with Gasteiger partial charge in [-0.25, -0.2) is 4.99 Å². The highest BCUT2D eigenvalue weighted by atomic mass is 127. The Morgan fingerprint density at radius 3 is 2.66 bits per heavy atom. The Kier molecular flexibility index (Phi) is 12.2. The average Bonchev–Trinajstić information content (AvgIpc) is 3.22. The second kappa shape index (κ2) is 13.8. The van der Waals surface area contributed by atoms with Crippen LogP contribution in [-0.4, -0.2) is 81.1 Å². The predicted molar refractivity (Wildman–Crippen MR) is 127 cm³/mol. The second-order valence-electron chi connectivity index (χ2n) is 6.93. The van der Waals surface area contributed by atoms with Gasteiger partial charge in [-0.2, -0.15) is 0 Å². The van der Waals surface area contributed by atoms with Crippen LogP contribution in [0.1, 0.15) is 24.1 Å². The van der Waals surface area contributed by atoms with Crippen LogP contribution < -0.4 is 10.6 Å². The van der Waals surface area contributed by atoms with Crippen molar-refractivity contribution in [3.05, 3.63) is 22.4 Å². The van der Waals surface area contributed by atoms with E-state index in [9.17, 15) is 9.59 Å². The zero-order valence-electron chi connectivity index (χ0n) is 17.3. The molecule has 2 N–H and O–H groups in total. The number of guanidine groups is 1. The molecular formula is C19H32IN5O3S. The standard InChI is InChI=1S/C19H31N5O3S.HI/c1-23(2)18(26)14-21-19(20-13-16-5-4-12-28-16)22-15-6-9-24(10-7-15)17(25)8-11-27-3;/h4-5,12,15H,6-11,13-14H2,1-3H3,(H2,20,21,22);1H. The maximum absolute atomic E-state index is 12.1. The summed E-state index contributed by atoms with van der Waals surface area (Å²) in [4.78, 5) is 33.1. The molecule has 1 fully saturated rings. The number of rotatable bonds is 8. The van der Waals surface area contributed by atoms with E-state index in [1.807, 2.05) is 16.3 Å². The number of likely N-dealkylation sites (N-methyl/N-ethyl adjacent to an activating group) is 1. The maximum Gasteiger partial charge on any atom is 0.243 e. The molecule has 2 heterocycles. The fraction of sp³-hybridized carbons (Fsp3) is 0.632. The van der Waals surface area contributed by atoms with Gasteiger partial charge in [-0.1, -0.05) is 6.07 Å². The minimum absolute atomic E-state index is 0. The fourth-order valence-electron chi connectivity index (χ4n) is 2.84. The van der Waals surface area contributed by atoms with E-state index in [0.29, 0.717) is 25.5 Å². The van der Waals surface area contributed by atoms with Crippen LogP contribution in [0, 0.1) is 0 Å². The summed E-state index contributed by atoms with van der Waals surface area (Å²) in [6.07, 6.45) is 2.12. The van der Waals surface area contributed by atoms with Crippen molar-refractivity contribution >= 4 is 53.1 Å². The van der Waals surface area contributed by atoms with E-state index in [0.717, 1.165) is 25.9 Å². The van der Waals surface area contributed by atoms with E-state index in [2.05, 4.69) is 21.7 Å². The van der Waals surface area contributed by atoms with Crippen LogP contribution in [0.5, 0.6) is 0 Å². The summed E-state index contributed by atoms with van der Waals surface area (Å²) in [6, 6.07) is 4.29. The van der Waals surface area contributed by atoms with Gasteiger partial charge in [0.05, 0.1) is 19.6 Å². The van der Waals surface area contributed by atoms with Crippen LogP contribution in [0.15, 0.2) is 22.5 Å². The van der Waals surface area contributed by atoms with Crippen LogP contribution in [-0.2, 0) is 20.9 Å². The first-order valence-corrected chi connectivity index (χ1v) is 10.4. The van der Waals surface area contributed by atoms with E-state index in [4.69, 9.17) is 4.74 Å². The molecule has 0 radical (unpaired) electrons. The van der Waals surface area contributed by atoms with Gasteiger partial charge in [-0.05, 0) is 24.3 Å². The van der Waals surface area contributed by atoms with E-state index in [-0.39, 0.29) is 48.4 Å². The van der Waals surface area contributed by atoms with Crippen LogP contribution in [0.3, 0.4) is 0 Å². The van der Waals surface area contributed by atoms with Gasteiger partial charge in [-0.15, -0.1) is 35.3 Å². The zero-order valence-corrected chi connectivity index (χ0v) is 20.5. The van der Waals surface area contributed by atoms with Crippen molar-refractivity contribution in [3.8, 4) is 0 Å². The SMILES string of the molecule is COCCC(=O)N1CCC(NC(=NCC(=O)N(C)C)NCc2cccs2)CC1.I. The van der Waals surface area contributed by atoms with Crippen molar-refractivity contribution in [1.82, 2.24) is 20.4 Å².